The van der Waals surface area contributed by atoms with Gasteiger partial charge in [0.2, 0.25) is 0 Å². The van der Waals surface area contributed by atoms with E-state index in [1.54, 1.807) is 7.11 Å². The van der Waals surface area contributed by atoms with Crippen molar-refractivity contribution in [1.82, 2.24) is 5.32 Å². The molecule has 0 aromatic heterocycles. The molecule has 1 aliphatic heterocycles. The highest BCUT2D eigenvalue weighted by molar-refractivity contribution is 5.85. The Bertz CT molecular complexity index is 151. The molecule has 1 saturated heterocycles. The van der Waals surface area contributed by atoms with Crippen molar-refractivity contribution >= 4 is 12.4 Å². The predicted octanol–water partition coefficient (Wildman–Crippen LogP) is 0.558. The quantitative estimate of drug-likeness (QED) is 0.684. The van der Waals surface area contributed by atoms with Crippen molar-refractivity contribution in [2.45, 2.75) is 6.42 Å². The molecule has 0 aromatic carbocycles. The van der Waals surface area contributed by atoms with Crippen LogP contribution in [0.4, 0.5) is 0 Å². The van der Waals surface area contributed by atoms with Gasteiger partial charge in [-0.15, -0.1) is 12.4 Å². The third-order valence-electron chi connectivity index (χ3n) is 1.95. The highest BCUT2D eigenvalue weighted by Crippen LogP contribution is 2.25. The molecule has 0 aromatic rings. The van der Waals surface area contributed by atoms with E-state index in [4.69, 9.17) is 10.00 Å². The Morgan fingerprint density at radius 1 is 1.64 bits per heavy atom. The highest BCUT2D eigenvalue weighted by atomic mass is 35.5. The first kappa shape index (κ1) is 10.7. The fraction of sp³-hybridized carbons (Fsp3) is 0.857. The van der Waals surface area contributed by atoms with Gasteiger partial charge in [0, 0.05) is 26.8 Å². The number of halogens is 1. The van der Waals surface area contributed by atoms with Gasteiger partial charge in [-0.3, -0.25) is 0 Å². The van der Waals surface area contributed by atoms with Gasteiger partial charge in [-0.05, 0) is 6.42 Å². The van der Waals surface area contributed by atoms with Crippen LogP contribution in [0.5, 0.6) is 0 Å². The summed E-state index contributed by atoms with van der Waals surface area (Å²) in [6.07, 6.45) is 0.854. The van der Waals surface area contributed by atoms with Crippen molar-refractivity contribution in [3.05, 3.63) is 0 Å². The largest absolute Gasteiger partial charge is 0.385 e. The summed E-state index contributed by atoms with van der Waals surface area (Å²) in [4.78, 5) is 0. The van der Waals surface area contributed by atoms with Crippen molar-refractivity contribution in [2.24, 2.45) is 5.41 Å². The summed E-state index contributed by atoms with van der Waals surface area (Å²) in [5, 5.41) is 11.8. The number of rotatable bonds is 3. The van der Waals surface area contributed by atoms with Gasteiger partial charge < -0.3 is 10.1 Å². The second-order valence-corrected chi connectivity index (χ2v) is 2.74. The number of nitriles is 1. The van der Waals surface area contributed by atoms with E-state index >= 15 is 0 Å². The van der Waals surface area contributed by atoms with Gasteiger partial charge in [-0.1, -0.05) is 0 Å². The van der Waals surface area contributed by atoms with Crippen molar-refractivity contribution in [1.29, 1.82) is 5.26 Å². The zero-order chi connectivity index (χ0) is 7.45. The molecule has 0 spiro atoms. The maximum Gasteiger partial charge on any atom is 0.0843 e. The van der Waals surface area contributed by atoms with Crippen LogP contribution in [0.2, 0.25) is 0 Å². The molecule has 0 saturated carbocycles. The zero-order valence-electron chi connectivity index (χ0n) is 6.59. The first-order valence-electron chi connectivity index (χ1n) is 3.44. The van der Waals surface area contributed by atoms with Gasteiger partial charge in [0.25, 0.3) is 0 Å². The van der Waals surface area contributed by atoms with Gasteiger partial charge in [-0.2, -0.15) is 5.26 Å². The normalized spacial score (nSPS) is 19.3. The van der Waals surface area contributed by atoms with Crippen molar-refractivity contribution in [3.63, 3.8) is 0 Å². The number of nitrogens with zero attached hydrogens (tertiary/aromatic N) is 1. The van der Waals surface area contributed by atoms with E-state index in [0.29, 0.717) is 6.61 Å². The lowest BCUT2D eigenvalue weighted by Crippen LogP contribution is -2.52. The Morgan fingerprint density at radius 2 is 2.27 bits per heavy atom. The van der Waals surface area contributed by atoms with Crippen molar-refractivity contribution in [2.75, 3.05) is 26.8 Å². The maximum atomic E-state index is 8.72. The summed E-state index contributed by atoms with van der Waals surface area (Å²) in [5.41, 5.74) is -0.115. The van der Waals surface area contributed by atoms with E-state index < -0.39 is 0 Å². The fourth-order valence-corrected chi connectivity index (χ4v) is 1.04. The summed E-state index contributed by atoms with van der Waals surface area (Å²) in [7, 11) is 1.66. The first-order chi connectivity index (χ1) is 4.83. The van der Waals surface area contributed by atoms with Gasteiger partial charge >= 0.3 is 0 Å². The SMILES string of the molecule is COCCC1(C#N)CNC1.Cl. The second kappa shape index (κ2) is 4.55. The number of methoxy groups -OCH3 is 1. The van der Waals surface area contributed by atoms with Crippen LogP contribution in [-0.4, -0.2) is 26.8 Å². The average molecular weight is 177 g/mol. The lowest BCUT2D eigenvalue weighted by molar-refractivity contribution is 0.130. The summed E-state index contributed by atoms with van der Waals surface area (Å²) < 4.78 is 4.90. The molecule has 1 fully saturated rings. The standard InChI is InChI=1S/C7H12N2O.ClH/c1-10-3-2-7(4-8)5-9-6-7;/h9H,2-3,5-6H2,1H3;1H. The molecule has 64 valence electrons. The molecular formula is C7H13ClN2O. The molecule has 0 unspecified atom stereocenters. The van der Waals surface area contributed by atoms with Gasteiger partial charge in [-0.25, -0.2) is 0 Å². The van der Waals surface area contributed by atoms with Gasteiger partial charge in [0.05, 0.1) is 11.5 Å². The zero-order valence-corrected chi connectivity index (χ0v) is 7.41. The number of nitrogens with one attached hydrogen (secondary N) is 1. The molecule has 1 N–H and O–H groups in total. The van der Waals surface area contributed by atoms with Crippen LogP contribution < -0.4 is 5.32 Å². The number of hydrogen-bond donors (Lipinski definition) is 1. The molecule has 1 rings (SSSR count). The van der Waals surface area contributed by atoms with Crippen LogP contribution >= 0.6 is 12.4 Å². The minimum Gasteiger partial charge on any atom is -0.385 e. The number of ether oxygens (including phenoxy) is 1. The van der Waals surface area contributed by atoms with Crippen LogP contribution in [-0.2, 0) is 4.74 Å². The van der Waals surface area contributed by atoms with Crippen molar-refractivity contribution < 1.29 is 4.74 Å². The van der Waals surface area contributed by atoms with Crippen LogP contribution in [0.1, 0.15) is 6.42 Å². The van der Waals surface area contributed by atoms with E-state index in [0.717, 1.165) is 19.5 Å². The first-order valence-corrected chi connectivity index (χ1v) is 3.44. The monoisotopic (exact) mass is 176 g/mol. The van der Waals surface area contributed by atoms with E-state index in [9.17, 15) is 0 Å². The lowest BCUT2D eigenvalue weighted by atomic mass is 9.80. The van der Waals surface area contributed by atoms with E-state index in [-0.39, 0.29) is 17.8 Å². The van der Waals surface area contributed by atoms with Crippen molar-refractivity contribution in [3.8, 4) is 6.07 Å². The molecule has 0 atom stereocenters. The van der Waals surface area contributed by atoms with E-state index in [2.05, 4.69) is 11.4 Å². The summed E-state index contributed by atoms with van der Waals surface area (Å²) in [5.74, 6) is 0. The predicted molar refractivity (Wildman–Crippen MR) is 44.7 cm³/mol. The van der Waals surface area contributed by atoms with Crippen LogP contribution in [0.15, 0.2) is 0 Å². The average Bonchev–Trinajstić information content (AvgIpc) is 1.87. The Morgan fingerprint density at radius 3 is 2.55 bits per heavy atom. The molecule has 1 aliphatic rings. The maximum absolute atomic E-state index is 8.72. The minimum atomic E-state index is -0.115. The van der Waals surface area contributed by atoms with Crippen LogP contribution in [0.25, 0.3) is 0 Å². The van der Waals surface area contributed by atoms with Crippen LogP contribution in [0.3, 0.4) is 0 Å². The third kappa shape index (κ3) is 2.33. The summed E-state index contributed by atoms with van der Waals surface area (Å²) in [6, 6.07) is 2.31. The Hall–Kier alpha value is -0.300. The topological polar surface area (TPSA) is 45.0 Å². The second-order valence-electron chi connectivity index (χ2n) is 2.74. The molecule has 0 radical (unpaired) electrons. The van der Waals surface area contributed by atoms with E-state index in [1.807, 2.05) is 0 Å². The summed E-state index contributed by atoms with van der Waals surface area (Å²) in [6.45, 7) is 2.34. The molecule has 11 heavy (non-hydrogen) atoms. The Kier molecular flexibility index (Phi) is 4.43. The lowest BCUT2D eigenvalue weighted by Gasteiger charge is -2.35. The Balaban J connectivity index is 0.000001000. The minimum absolute atomic E-state index is 0. The molecule has 1 heterocycles. The smallest absolute Gasteiger partial charge is 0.0843 e. The molecule has 0 aliphatic carbocycles. The summed E-state index contributed by atoms with van der Waals surface area (Å²) >= 11 is 0. The number of hydrogen-bond acceptors (Lipinski definition) is 3. The molecule has 0 bridgehead atoms. The molecular weight excluding hydrogens is 164 g/mol. The van der Waals surface area contributed by atoms with Crippen LogP contribution in [0, 0.1) is 16.7 Å². The van der Waals surface area contributed by atoms with Gasteiger partial charge in [0.1, 0.15) is 0 Å². The van der Waals surface area contributed by atoms with Gasteiger partial charge in [0.15, 0.2) is 0 Å². The molecule has 4 heteroatoms. The fourth-order valence-electron chi connectivity index (χ4n) is 1.04. The Labute approximate surface area is 73.1 Å². The third-order valence-corrected chi connectivity index (χ3v) is 1.95. The molecule has 3 nitrogen and oxygen atoms in total. The highest BCUT2D eigenvalue weighted by Gasteiger charge is 2.36. The molecule has 0 amide bonds. The van der Waals surface area contributed by atoms with E-state index in [1.165, 1.54) is 0 Å².